The summed E-state index contributed by atoms with van der Waals surface area (Å²) in [6.07, 6.45) is 31.1. The van der Waals surface area contributed by atoms with E-state index in [1.807, 2.05) is 0 Å². The second kappa shape index (κ2) is 13.0. The Labute approximate surface area is 287 Å². The van der Waals surface area contributed by atoms with E-state index in [1.54, 1.807) is 22.4 Å². The van der Waals surface area contributed by atoms with Gasteiger partial charge >= 0.3 is 0 Å². The van der Waals surface area contributed by atoms with Crippen LogP contribution in [0.15, 0.2) is 149 Å². The van der Waals surface area contributed by atoms with Crippen LogP contribution in [0.25, 0.3) is 11.1 Å². The van der Waals surface area contributed by atoms with Crippen molar-refractivity contribution in [3.63, 3.8) is 0 Å². The molecule has 3 aromatic carbocycles. The van der Waals surface area contributed by atoms with Gasteiger partial charge in [-0.15, -0.1) is 0 Å². The lowest BCUT2D eigenvalue weighted by Gasteiger charge is -2.42. The Hall–Kier alpha value is -4.30. The van der Waals surface area contributed by atoms with Crippen LogP contribution in [-0.4, -0.2) is 10.9 Å². The summed E-state index contributed by atoms with van der Waals surface area (Å²) < 4.78 is 0. The van der Waals surface area contributed by atoms with Crippen molar-refractivity contribution in [1.29, 1.82) is 0 Å². The highest BCUT2D eigenvalue weighted by atomic mass is 15.2. The maximum absolute atomic E-state index is 2.85. The summed E-state index contributed by atoms with van der Waals surface area (Å²) >= 11 is 0. The van der Waals surface area contributed by atoms with Crippen molar-refractivity contribution in [1.82, 2.24) is 4.90 Å². The third-order valence-electron chi connectivity index (χ3n) is 11.9. The fourth-order valence-corrected chi connectivity index (χ4v) is 9.68. The summed E-state index contributed by atoms with van der Waals surface area (Å²) in [5, 5.41) is 0. The number of rotatable bonds is 6. The first-order valence-corrected chi connectivity index (χ1v) is 18.9. The highest BCUT2D eigenvalue weighted by Crippen LogP contribution is 2.54. The van der Waals surface area contributed by atoms with Gasteiger partial charge in [0.25, 0.3) is 0 Å². The highest BCUT2D eigenvalue weighted by Gasteiger charge is 2.47. The molecule has 3 atom stereocenters. The predicted octanol–water partition coefficient (Wildman–Crippen LogP) is 12.4. The Morgan fingerprint density at radius 1 is 0.604 bits per heavy atom. The van der Waals surface area contributed by atoms with Gasteiger partial charge in [0.1, 0.15) is 0 Å². The summed E-state index contributed by atoms with van der Waals surface area (Å²) in [5.41, 5.74) is 16.1. The zero-order chi connectivity index (χ0) is 31.9. The smallest absolute Gasteiger partial charge is 0.0458 e. The Morgan fingerprint density at radius 3 is 2.19 bits per heavy atom. The number of anilines is 2. The average molecular weight is 629 g/mol. The molecule has 0 saturated heterocycles. The van der Waals surface area contributed by atoms with Crippen molar-refractivity contribution in [3.05, 3.63) is 155 Å². The molecule has 1 aliphatic heterocycles. The van der Waals surface area contributed by atoms with Gasteiger partial charge in [-0.1, -0.05) is 85.0 Å². The van der Waals surface area contributed by atoms with Gasteiger partial charge in [-0.3, -0.25) is 0 Å². The second-order valence-corrected chi connectivity index (χ2v) is 14.7. The van der Waals surface area contributed by atoms with Gasteiger partial charge in [-0.2, -0.15) is 0 Å². The molecule has 0 amide bonds. The van der Waals surface area contributed by atoms with E-state index in [2.05, 4.69) is 125 Å². The van der Waals surface area contributed by atoms with Crippen molar-refractivity contribution in [2.24, 2.45) is 5.92 Å². The summed E-state index contributed by atoms with van der Waals surface area (Å²) in [4.78, 5) is 5.38. The van der Waals surface area contributed by atoms with E-state index in [0.717, 1.165) is 6.42 Å². The molecule has 2 heteroatoms. The van der Waals surface area contributed by atoms with E-state index < -0.39 is 0 Å². The predicted molar refractivity (Wildman–Crippen MR) is 201 cm³/mol. The number of allylic oxidation sites excluding steroid dienone is 9. The normalized spacial score (nSPS) is 24.9. The molecule has 9 rings (SSSR count). The summed E-state index contributed by atoms with van der Waals surface area (Å²) in [6, 6.07) is 30.2. The molecule has 1 heterocycles. The molecule has 3 aromatic rings. The van der Waals surface area contributed by atoms with Crippen molar-refractivity contribution in [2.75, 3.05) is 4.90 Å². The molecule has 1 fully saturated rings. The van der Waals surface area contributed by atoms with Crippen LogP contribution in [0.4, 0.5) is 11.4 Å². The van der Waals surface area contributed by atoms with Crippen molar-refractivity contribution in [3.8, 4) is 11.1 Å². The van der Waals surface area contributed by atoms with E-state index in [9.17, 15) is 0 Å². The quantitative estimate of drug-likeness (QED) is 0.268. The van der Waals surface area contributed by atoms with Crippen LogP contribution in [0.5, 0.6) is 0 Å². The number of benzene rings is 3. The lowest BCUT2D eigenvalue weighted by Crippen LogP contribution is -2.39. The summed E-state index contributed by atoms with van der Waals surface area (Å²) in [6.45, 7) is 0. The minimum absolute atomic E-state index is 0.445. The van der Waals surface area contributed by atoms with Crippen LogP contribution in [0.3, 0.4) is 0 Å². The second-order valence-electron chi connectivity index (χ2n) is 14.7. The maximum atomic E-state index is 2.85. The molecule has 6 aliphatic rings. The zero-order valence-electron chi connectivity index (χ0n) is 28.3. The maximum Gasteiger partial charge on any atom is 0.0458 e. The van der Waals surface area contributed by atoms with Crippen LogP contribution >= 0.6 is 0 Å². The number of hydrogen-bond donors (Lipinski definition) is 0. The van der Waals surface area contributed by atoms with Crippen LogP contribution in [0, 0.1) is 5.92 Å². The lowest BCUT2D eigenvalue weighted by molar-refractivity contribution is 0.260. The van der Waals surface area contributed by atoms with Crippen LogP contribution < -0.4 is 4.90 Å². The fourth-order valence-electron chi connectivity index (χ4n) is 9.68. The molecule has 0 radical (unpaired) electrons. The Morgan fingerprint density at radius 2 is 1.38 bits per heavy atom. The van der Waals surface area contributed by atoms with Gasteiger partial charge in [0.05, 0.1) is 0 Å². The summed E-state index contributed by atoms with van der Waals surface area (Å²) in [5.74, 6) is 1.03. The molecule has 1 saturated carbocycles. The van der Waals surface area contributed by atoms with E-state index in [0.29, 0.717) is 17.9 Å². The van der Waals surface area contributed by atoms with E-state index in [-0.39, 0.29) is 0 Å². The molecule has 0 bridgehead atoms. The lowest BCUT2D eigenvalue weighted by atomic mass is 9.71. The molecule has 3 unspecified atom stereocenters. The van der Waals surface area contributed by atoms with Crippen molar-refractivity contribution < 1.29 is 0 Å². The standard InChI is InChI=1S/C46H48N2/c1-3-13-33(14-4-1)34-23-28-38(29-24-34)47(37-16-5-2-6-17-37)39-30-25-36(26-31-39)40-18-9-11-21-43(40)48-44-22-12-10-20-42(44)46-41-19-8-7-15-35(41)27-32-45(46)48/h1,3-4,12-16,19,21-26,28-31,40,45-46H,2,5-11,17-18,20,27,32H2. The number of hydrogen-bond acceptors (Lipinski definition) is 2. The molecule has 0 N–H and O–H groups in total. The molecule has 242 valence electrons. The molecule has 5 aliphatic carbocycles. The first-order valence-electron chi connectivity index (χ1n) is 18.9. The van der Waals surface area contributed by atoms with E-state index >= 15 is 0 Å². The van der Waals surface area contributed by atoms with Crippen LogP contribution in [-0.2, 0) is 0 Å². The van der Waals surface area contributed by atoms with E-state index in [4.69, 9.17) is 0 Å². The number of nitrogens with zero attached hydrogens (tertiary/aromatic N) is 2. The third kappa shape index (κ3) is 5.34. The Kier molecular flexibility index (Phi) is 8.05. The van der Waals surface area contributed by atoms with Gasteiger partial charge < -0.3 is 9.80 Å². The molecular weight excluding hydrogens is 581 g/mol. The number of fused-ring (bicyclic) bond motifs is 4. The van der Waals surface area contributed by atoms with Gasteiger partial charge in [0, 0.05) is 46.3 Å². The third-order valence-corrected chi connectivity index (χ3v) is 11.9. The largest absolute Gasteiger partial charge is 0.341 e. The molecule has 2 nitrogen and oxygen atoms in total. The average Bonchev–Trinajstić information content (AvgIpc) is 3.51. The molecule has 0 spiro atoms. The minimum atomic E-state index is 0.445. The van der Waals surface area contributed by atoms with Gasteiger partial charge in [0.2, 0.25) is 0 Å². The topological polar surface area (TPSA) is 6.48 Å². The van der Waals surface area contributed by atoms with Crippen LogP contribution in [0.2, 0.25) is 0 Å². The molecule has 48 heavy (non-hydrogen) atoms. The highest BCUT2D eigenvalue weighted by molar-refractivity contribution is 5.73. The Balaban J connectivity index is 1.04. The van der Waals surface area contributed by atoms with Gasteiger partial charge in [0.15, 0.2) is 0 Å². The van der Waals surface area contributed by atoms with Crippen molar-refractivity contribution >= 4 is 11.4 Å². The van der Waals surface area contributed by atoms with Crippen molar-refractivity contribution in [2.45, 2.75) is 95.4 Å². The zero-order valence-corrected chi connectivity index (χ0v) is 28.3. The molecular formula is C46H48N2. The first-order chi connectivity index (χ1) is 23.8. The minimum Gasteiger partial charge on any atom is -0.341 e. The SMILES string of the molecule is C1=CC2=C(CC1)C1C3=CCCC=C3CCC1N2C1=CCCCC1c1ccc(N(C2=CCCCC2)c2ccc(-c3ccccc3)cc2)cc1. The monoisotopic (exact) mass is 628 g/mol. The van der Waals surface area contributed by atoms with Crippen LogP contribution in [0.1, 0.15) is 95.0 Å². The Bertz CT molecular complexity index is 1850. The summed E-state index contributed by atoms with van der Waals surface area (Å²) in [7, 11) is 0. The fraction of sp³-hybridized carbons (Fsp3) is 0.348. The molecule has 0 aromatic heterocycles. The van der Waals surface area contributed by atoms with Gasteiger partial charge in [-0.05, 0) is 147 Å². The van der Waals surface area contributed by atoms with E-state index in [1.165, 1.54) is 117 Å². The van der Waals surface area contributed by atoms with Gasteiger partial charge in [-0.25, -0.2) is 0 Å². The first kappa shape index (κ1) is 29.8.